The first-order valence-corrected chi connectivity index (χ1v) is 12.8. The topological polar surface area (TPSA) is 139 Å². The largest absolute Gasteiger partial charge is 0.389 e. The number of aromatic nitrogens is 7. The maximum Gasteiger partial charge on any atom is 0.238 e. The van der Waals surface area contributed by atoms with E-state index in [1.165, 1.54) is 0 Å². The molecule has 40 heavy (non-hydrogen) atoms. The Labute approximate surface area is 231 Å². The van der Waals surface area contributed by atoms with Gasteiger partial charge in [0.1, 0.15) is 18.2 Å². The Hall–Kier alpha value is -4.95. The Morgan fingerprint density at radius 1 is 1.07 bits per heavy atom. The summed E-state index contributed by atoms with van der Waals surface area (Å²) < 4.78 is 3.38. The minimum atomic E-state index is -0.802. The van der Waals surface area contributed by atoms with Gasteiger partial charge in [0, 0.05) is 16.7 Å². The van der Waals surface area contributed by atoms with Crippen molar-refractivity contribution in [3.8, 4) is 17.7 Å². The summed E-state index contributed by atoms with van der Waals surface area (Å²) in [7, 11) is 0. The van der Waals surface area contributed by atoms with E-state index in [9.17, 15) is 15.2 Å². The Bertz CT molecular complexity index is 1770. The summed E-state index contributed by atoms with van der Waals surface area (Å²) in [5, 5.41) is 32.5. The number of pyridine rings is 1. The van der Waals surface area contributed by atoms with Crippen LogP contribution in [0.3, 0.4) is 0 Å². The fourth-order valence-electron chi connectivity index (χ4n) is 4.35. The highest BCUT2D eigenvalue weighted by atomic mass is 16.3. The van der Waals surface area contributed by atoms with Crippen LogP contribution in [0.5, 0.6) is 0 Å². The molecule has 5 aromatic rings. The van der Waals surface area contributed by atoms with Gasteiger partial charge in [-0.3, -0.25) is 14.3 Å². The Balaban J connectivity index is 1.61. The number of benzene rings is 1. The maximum atomic E-state index is 13.5. The minimum absolute atomic E-state index is 0.129. The normalized spacial score (nSPS) is 12.3. The summed E-state index contributed by atoms with van der Waals surface area (Å²) in [4.78, 5) is 24.5. The lowest BCUT2D eigenvalue weighted by molar-refractivity contribution is -0.125. The van der Waals surface area contributed by atoms with Crippen LogP contribution < -0.4 is 4.90 Å². The molecule has 1 aromatic carbocycles. The highest BCUT2D eigenvalue weighted by Gasteiger charge is 2.31. The van der Waals surface area contributed by atoms with E-state index in [1.807, 2.05) is 69.5 Å². The number of nitriles is 1. The number of hydrogen-bond donors (Lipinski definition) is 1. The molecule has 202 valence electrons. The van der Waals surface area contributed by atoms with Crippen molar-refractivity contribution >= 4 is 28.4 Å². The number of imidazole rings is 1. The number of carbonyl (C=O) groups is 1. The summed E-state index contributed by atoms with van der Waals surface area (Å²) in [6.07, 6.45) is 0.852. The van der Waals surface area contributed by atoms with Gasteiger partial charge in [-0.05, 0) is 69.3 Å². The van der Waals surface area contributed by atoms with Crippen LogP contribution in [0.4, 0.5) is 11.5 Å². The molecule has 1 amide bonds. The van der Waals surface area contributed by atoms with E-state index in [2.05, 4.69) is 20.3 Å². The van der Waals surface area contributed by atoms with Gasteiger partial charge in [-0.15, -0.1) is 5.10 Å². The number of aryl methyl sites for hydroxylation is 2. The third-order valence-corrected chi connectivity index (χ3v) is 6.44. The molecule has 4 aromatic heterocycles. The monoisotopic (exact) mass is 535 g/mol. The summed E-state index contributed by atoms with van der Waals surface area (Å²) in [5.74, 6) is 1.27. The quantitative estimate of drug-likeness (QED) is 0.343. The molecule has 4 heterocycles. The van der Waals surface area contributed by atoms with Crippen molar-refractivity contribution in [2.45, 2.75) is 47.6 Å². The molecule has 5 rings (SSSR count). The molecule has 0 saturated heterocycles. The van der Waals surface area contributed by atoms with Crippen LogP contribution in [0.1, 0.15) is 56.4 Å². The molecular weight excluding hydrogens is 506 g/mol. The molecule has 1 N–H and O–H groups in total. The molecule has 0 saturated carbocycles. The van der Waals surface area contributed by atoms with Crippen LogP contribution in [0.25, 0.3) is 22.7 Å². The molecule has 0 aliphatic carbocycles. The zero-order valence-electron chi connectivity index (χ0n) is 23.2. The highest BCUT2D eigenvalue weighted by molar-refractivity contribution is 6.03. The maximum absolute atomic E-state index is 13.5. The average Bonchev–Trinajstić information content (AvgIpc) is 3.51. The van der Waals surface area contributed by atoms with Crippen LogP contribution in [-0.2, 0) is 4.79 Å². The van der Waals surface area contributed by atoms with E-state index in [4.69, 9.17) is 4.98 Å². The number of fused-ring (bicyclic) bond motifs is 1. The van der Waals surface area contributed by atoms with Gasteiger partial charge < -0.3 is 5.11 Å². The van der Waals surface area contributed by atoms with Crippen LogP contribution in [0.15, 0.2) is 54.9 Å². The standard InChI is InChI=1S/C29H29N9O2/c1-17-7-11-26(34-33-17)37(28(40)29(4,5)6)21-8-10-24-23(14-21)31-16-36(24)25-12-9-22(19(3)39)27(32-25)38-18(2)13-20(15-30)35-38/h7-14,16,19,39H,1-6H3/t19-/m0/s1. The van der Waals surface area contributed by atoms with E-state index >= 15 is 0 Å². The van der Waals surface area contributed by atoms with E-state index in [1.54, 1.807) is 47.1 Å². The fraction of sp³-hybridized carbons (Fsp3) is 0.276. The molecule has 0 unspecified atom stereocenters. The van der Waals surface area contributed by atoms with E-state index in [0.717, 1.165) is 11.2 Å². The second-order valence-electron chi connectivity index (χ2n) is 10.7. The van der Waals surface area contributed by atoms with Gasteiger partial charge in [0.2, 0.25) is 5.91 Å². The van der Waals surface area contributed by atoms with Crippen molar-refractivity contribution in [2.75, 3.05) is 4.90 Å². The fourth-order valence-corrected chi connectivity index (χ4v) is 4.35. The van der Waals surface area contributed by atoms with Crippen LogP contribution in [-0.4, -0.2) is 45.5 Å². The smallest absolute Gasteiger partial charge is 0.238 e. The third-order valence-electron chi connectivity index (χ3n) is 6.44. The first-order chi connectivity index (χ1) is 19.0. The number of aliphatic hydroxyl groups is 1. The van der Waals surface area contributed by atoms with E-state index in [0.29, 0.717) is 39.9 Å². The van der Waals surface area contributed by atoms with Crippen molar-refractivity contribution in [1.82, 2.24) is 34.5 Å². The van der Waals surface area contributed by atoms with Crippen molar-refractivity contribution in [3.63, 3.8) is 0 Å². The van der Waals surface area contributed by atoms with Crippen molar-refractivity contribution in [1.29, 1.82) is 5.26 Å². The molecule has 1 atom stereocenters. The zero-order valence-corrected chi connectivity index (χ0v) is 23.2. The number of hydrogen-bond acceptors (Lipinski definition) is 8. The highest BCUT2D eigenvalue weighted by Crippen LogP contribution is 2.32. The SMILES string of the molecule is Cc1ccc(N(C(=O)C(C)(C)C)c2ccc3c(c2)ncn3-c2ccc([C@H](C)O)c(-n3nc(C#N)cc3C)n2)nn1. The lowest BCUT2D eigenvalue weighted by Gasteiger charge is -2.28. The molecule has 0 spiro atoms. The van der Waals surface area contributed by atoms with Crippen LogP contribution in [0, 0.1) is 30.6 Å². The summed E-state index contributed by atoms with van der Waals surface area (Å²) in [5.41, 5.74) is 3.66. The van der Waals surface area contributed by atoms with E-state index in [-0.39, 0.29) is 11.6 Å². The zero-order chi connectivity index (χ0) is 28.8. The van der Waals surface area contributed by atoms with Gasteiger partial charge in [0.05, 0.1) is 28.5 Å². The summed E-state index contributed by atoms with van der Waals surface area (Å²) >= 11 is 0. The van der Waals surface area contributed by atoms with Crippen molar-refractivity contribution in [3.05, 3.63) is 77.5 Å². The van der Waals surface area contributed by atoms with E-state index < -0.39 is 11.5 Å². The molecule has 11 nitrogen and oxygen atoms in total. The van der Waals surface area contributed by atoms with Gasteiger partial charge in [-0.1, -0.05) is 20.8 Å². The van der Waals surface area contributed by atoms with Gasteiger partial charge in [0.15, 0.2) is 17.3 Å². The van der Waals surface area contributed by atoms with Gasteiger partial charge >= 0.3 is 0 Å². The number of carbonyl (C=O) groups excluding carboxylic acids is 1. The molecule has 0 fully saturated rings. The number of amides is 1. The minimum Gasteiger partial charge on any atom is -0.389 e. The van der Waals surface area contributed by atoms with Crippen molar-refractivity contribution in [2.24, 2.45) is 5.41 Å². The van der Waals surface area contributed by atoms with Crippen LogP contribution in [0.2, 0.25) is 0 Å². The van der Waals surface area contributed by atoms with Gasteiger partial charge in [0.25, 0.3) is 0 Å². The second kappa shape index (κ2) is 9.98. The average molecular weight is 536 g/mol. The predicted octanol–water partition coefficient (Wildman–Crippen LogP) is 4.65. The number of aliphatic hydroxyl groups excluding tert-OH is 1. The predicted molar refractivity (Wildman–Crippen MR) is 149 cm³/mol. The Morgan fingerprint density at radius 2 is 1.85 bits per heavy atom. The third kappa shape index (κ3) is 4.81. The molecular formula is C29H29N9O2. The first-order valence-electron chi connectivity index (χ1n) is 12.8. The first kappa shape index (κ1) is 26.6. The number of nitrogens with zero attached hydrogens (tertiary/aromatic N) is 9. The molecule has 0 aliphatic rings. The number of rotatable bonds is 5. The van der Waals surface area contributed by atoms with Gasteiger partial charge in [-0.25, -0.2) is 14.6 Å². The Morgan fingerprint density at radius 3 is 2.48 bits per heavy atom. The molecule has 11 heteroatoms. The molecule has 0 bridgehead atoms. The Kier molecular flexibility index (Phi) is 6.65. The van der Waals surface area contributed by atoms with Crippen molar-refractivity contribution < 1.29 is 9.90 Å². The van der Waals surface area contributed by atoms with Gasteiger partial charge in [-0.2, -0.15) is 15.5 Å². The molecule has 0 radical (unpaired) electrons. The lowest BCUT2D eigenvalue weighted by Crippen LogP contribution is -2.36. The summed E-state index contributed by atoms with van der Waals surface area (Å²) in [6.45, 7) is 10.9. The lowest BCUT2D eigenvalue weighted by atomic mass is 9.94. The summed E-state index contributed by atoms with van der Waals surface area (Å²) in [6, 6.07) is 16.4. The van der Waals surface area contributed by atoms with Crippen LogP contribution >= 0.6 is 0 Å². The second-order valence-corrected chi connectivity index (χ2v) is 10.7. The number of anilines is 2. The molecule has 0 aliphatic heterocycles.